The highest BCUT2D eigenvalue weighted by Crippen LogP contribution is 2.13. The van der Waals surface area contributed by atoms with E-state index in [1.54, 1.807) is 0 Å². The van der Waals surface area contributed by atoms with Crippen LogP contribution >= 0.6 is 0 Å². The molecule has 0 bridgehead atoms. The second-order valence-electron chi connectivity index (χ2n) is 17.7. The average Bonchev–Trinajstić information content (AvgIpc) is 3.30. The molecule has 368 valence electrons. The molecule has 0 N–H and O–H groups in total. The molecule has 1 atom stereocenters. The Labute approximate surface area is 397 Å². The number of ether oxygens (including phenoxy) is 3. The molecule has 0 aliphatic rings. The summed E-state index contributed by atoms with van der Waals surface area (Å²) in [6, 6.07) is 0. The van der Waals surface area contributed by atoms with Crippen LogP contribution in [0.25, 0.3) is 0 Å². The molecule has 0 aromatic carbocycles. The quantitative estimate of drug-likeness (QED) is 0.0346. The molecule has 0 saturated carbocycles. The van der Waals surface area contributed by atoms with Gasteiger partial charge >= 0.3 is 11.9 Å². The molecule has 0 aromatic rings. The molecule has 0 spiro atoms. The largest absolute Gasteiger partial charge is 0.462 e. The van der Waals surface area contributed by atoms with E-state index in [0.717, 1.165) is 83.5 Å². The van der Waals surface area contributed by atoms with Crippen LogP contribution in [0.1, 0.15) is 252 Å². The lowest BCUT2D eigenvalue weighted by Gasteiger charge is -2.18. The first kappa shape index (κ1) is 61.1. The minimum Gasteiger partial charge on any atom is -0.462 e. The summed E-state index contributed by atoms with van der Waals surface area (Å²) in [6.07, 6.45) is 71.7. The van der Waals surface area contributed by atoms with Gasteiger partial charge in [0.15, 0.2) is 6.10 Å². The van der Waals surface area contributed by atoms with E-state index in [1.165, 1.54) is 135 Å². The molecule has 0 aliphatic carbocycles. The lowest BCUT2D eigenvalue weighted by molar-refractivity contribution is -0.163. The van der Waals surface area contributed by atoms with Crippen molar-refractivity contribution in [3.63, 3.8) is 0 Å². The Morgan fingerprint density at radius 1 is 0.359 bits per heavy atom. The van der Waals surface area contributed by atoms with Crippen molar-refractivity contribution in [1.29, 1.82) is 0 Å². The number of carbonyl (C=O) groups is 2. The van der Waals surface area contributed by atoms with E-state index in [0.29, 0.717) is 19.4 Å². The van der Waals surface area contributed by atoms with Crippen molar-refractivity contribution in [2.75, 3.05) is 19.8 Å². The van der Waals surface area contributed by atoms with Crippen LogP contribution in [-0.4, -0.2) is 37.9 Å². The number of esters is 2. The van der Waals surface area contributed by atoms with Crippen LogP contribution < -0.4 is 0 Å². The molecule has 1 unspecified atom stereocenters. The van der Waals surface area contributed by atoms with E-state index in [1.807, 2.05) is 0 Å². The van der Waals surface area contributed by atoms with Crippen LogP contribution in [0.3, 0.4) is 0 Å². The highest BCUT2D eigenvalue weighted by atomic mass is 16.6. The molecule has 0 aromatic heterocycles. The number of hydrogen-bond donors (Lipinski definition) is 0. The van der Waals surface area contributed by atoms with Gasteiger partial charge in [0.2, 0.25) is 0 Å². The zero-order chi connectivity index (χ0) is 46.3. The summed E-state index contributed by atoms with van der Waals surface area (Å²) in [5.74, 6) is -0.454. The molecule has 0 radical (unpaired) electrons. The summed E-state index contributed by atoms with van der Waals surface area (Å²) in [4.78, 5) is 25.4. The fraction of sp³-hybridized carbons (Fsp3) is 0.729. The Morgan fingerprint density at radius 3 is 1.20 bits per heavy atom. The van der Waals surface area contributed by atoms with Gasteiger partial charge in [0.25, 0.3) is 0 Å². The third-order valence-corrected chi connectivity index (χ3v) is 11.4. The van der Waals surface area contributed by atoms with Crippen LogP contribution in [0, 0.1) is 0 Å². The highest BCUT2D eigenvalue weighted by molar-refractivity contribution is 5.70. The van der Waals surface area contributed by atoms with Crippen molar-refractivity contribution < 1.29 is 23.8 Å². The normalized spacial score (nSPS) is 12.9. The van der Waals surface area contributed by atoms with E-state index in [9.17, 15) is 9.59 Å². The van der Waals surface area contributed by atoms with Gasteiger partial charge in [-0.25, -0.2) is 0 Å². The third kappa shape index (κ3) is 51.7. The van der Waals surface area contributed by atoms with Crippen LogP contribution in [0.15, 0.2) is 85.1 Å². The summed E-state index contributed by atoms with van der Waals surface area (Å²) in [5.41, 5.74) is 0. The first-order valence-corrected chi connectivity index (χ1v) is 27.1. The topological polar surface area (TPSA) is 61.8 Å². The van der Waals surface area contributed by atoms with Gasteiger partial charge in [-0.15, -0.1) is 0 Å². The summed E-state index contributed by atoms with van der Waals surface area (Å²) in [7, 11) is 0. The van der Waals surface area contributed by atoms with Gasteiger partial charge in [0, 0.05) is 19.4 Å². The number of allylic oxidation sites excluding steroid dienone is 14. The Kier molecular flexibility index (Phi) is 51.9. The zero-order valence-corrected chi connectivity index (χ0v) is 42.3. The summed E-state index contributed by atoms with van der Waals surface area (Å²) < 4.78 is 17.4. The molecule has 0 amide bonds. The minimum atomic E-state index is -0.569. The Bertz CT molecular complexity index is 1190. The van der Waals surface area contributed by atoms with Gasteiger partial charge in [0.05, 0.1) is 6.61 Å². The average molecular weight is 891 g/mol. The lowest BCUT2D eigenvalue weighted by atomic mass is 10.1. The van der Waals surface area contributed by atoms with Crippen molar-refractivity contribution >= 4 is 11.9 Å². The summed E-state index contributed by atoms with van der Waals surface area (Å²) in [6.45, 7) is 7.62. The standard InChI is InChI=1S/C59H102O5/c1-4-7-10-13-16-19-22-25-28-30-32-34-37-40-43-46-49-52-58(60)63-56-57(55-62-54-51-48-45-42-39-36-33-29-26-23-20-17-14-11-8-5-2)64-59(61)53-50-47-44-41-38-35-31-27-24-21-18-15-12-9-6-3/h9,12,17-18,20-21,25-29,31,38,41,57H,4-8,10-11,13-16,19,22-24,30,32-37,39-40,42-56H2,1-3H3/b12-9-,20-17-,21-18-,28-25-,29-26-,31-27-,41-38-. The maximum atomic E-state index is 12.8. The van der Waals surface area contributed by atoms with Crippen LogP contribution in [0.5, 0.6) is 0 Å². The van der Waals surface area contributed by atoms with Crippen LogP contribution in [-0.2, 0) is 23.8 Å². The molecule has 0 aliphatic heterocycles. The van der Waals surface area contributed by atoms with Gasteiger partial charge in [-0.3, -0.25) is 9.59 Å². The van der Waals surface area contributed by atoms with E-state index < -0.39 is 6.10 Å². The lowest BCUT2D eigenvalue weighted by Crippen LogP contribution is -2.30. The van der Waals surface area contributed by atoms with Crippen molar-refractivity contribution in [2.45, 2.75) is 258 Å². The highest BCUT2D eigenvalue weighted by Gasteiger charge is 2.17. The van der Waals surface area contributed by atoms with Gasteiger partial charge in [-0.05, 0) is 116 Å². The number of carbonyl (C=O) groups excluding carboxylic acids is 2. The van der Waals surface area contributed by atoms with Crippen molar-refractivity contribution in [1.82, 2.24) is 0 Å². The molecule has 0 saturated heterocycles. The van der Waals surface area contributed by atoms with E-state index in [4.69, 9.17) is 14.2 Å². The summed E-state index contributed by atoms with van der Waals surface area (Å²) in [5, 5.41) is 0. The maximum absolute atomic E-state index is 12.8. The predicted octanol–water partition coefficient (Wildman–Crippen LogP) is 18.5. The van der Waals surface area contributed by atoms with Crippen LogP contribution in [0.2, 0.25) is 0 Å². The molecule has 5 heteroatoms. The van der Waals surface area contributed by atoms with Gasteiger partial charge < -0.3 is 14.2 Å². The molecule has 64 heavy (non-hydrogen) atoms. The third-order valence-electron chi connectivity index (χ3n) is 11.4. The van der Waals surface area contributed by atoms with Crippen LogP contribution in [0.4, 0.5) is 0 Å². The van der Waals surface area contributed by atoms with Gasteiger partial charge in [0.1, 0.15) is 6.61 Å². The predicted molar refractivity (Wildman–Crippen MR) is 279 cm³/mol. The Balaban J connectivity index is 4.36. The van der Waals surface area contributed by atoms with E-state index in [2.05, 4.69) is 106 Å². The molecule has 0 rings (SSSR count). The minimum absolute atomic E-state index is 0.0591. The second-order valence-corrected chi connectivity index (χ2v) is 17.7. The number of hydrogen-bond acceptors (Lipinski definition) is 5. The number of rotatable bonds is 49. The first-order valence-electron chi connectivity index (χ1n) is 27.1. The van der Waals surface area contributed by atoms with Crippen molar-refractivity contribution in [3.8, 4) is 0 Å². The van der Waals surface area contributed by atoms with E-state index in [-0.39, 0.29) is 25.2 Å². The second kappa shape index (κ2) is 54.4. The zero-order valence-electron chi connectivity index (χ0n) is 42.3. The maximum Gasteiger partial charge on any atom is 0.306 e. The smallest absolute Gasteiger partial charge is 0.306 e. The van der Waals surface area contributed by atoms with Crippen molar-refractivity contribution in [3.05, 3.63) is 85.1 Å². The monoisotopic (exact) mass is 891 g/mol. The Hall–Kier alpha value is -2.92. The molecule has 0 heterocycles. The fourth-order valence-electron chi connectivity index (χ4n) is 7.35. The first-order chi connectivity index (χ1) is 31.6. The SMILES string of the molecule is CC/C=C\C/C=C\C/C=C\C/C=C\CCCCC(=O)OC(COCCCCCCCC/C=C\C/C=C\CCCCC)COC(=O)CCCCCCCCC/C=C\CCCCCCCC. The Morgan fingerprint density at radius 2 is 0.703 bits per heavy atom. The summed E-state index contributed by atoms with van der Waals surface area (Å²) >= 11 is 0. The van der Waals surface area contributed by atoms with Gasteiger partial charge in [-0.2, -0.15) is 0 Å². The molecule has 0 fully saturated rings. The molecular formula is C59H102O5. The van der Waals surface area contributed by atoms with Gasteiger partial charge in [-0.1, -0.05) is 209 Å². The fourth-order valence-corrected chi connectivity index (χ4v) is 7.35. The van der Waals surface area contributed by atoms with Crippen molar-refractivity contribution in [2.24, 2.45) is 0 Å². The number of unbranched alkanes of at least 4 members (excludes halogenated alkanes) is 24. The molecule has 5 nitrogen and oxygen atoms in total. The molecular weight excluding hydrogens is 789 g/mol. The van der Waals surface area contributed by atoms with E-state index >= 15 is 0 Å².